The zero-order valence-corrected chi connectivity index (χ0v) is 15.6. The van der Waals surface area contributed by atoms with Crippen LogP contribution in [0.1, 0.15) is 30.1 Å². The van der Waals surface area contributed by atoms with Crippen molar-refractivity contribution in [2.45, 2.75) is 25.9 Å². The lowest BCUT2D eigenvalue weighted by Crippen LogP contribution is -2.32. The Morgan fingerprint density at radius 3 is 2.88 bits per heavy atom. The van der Waals surface area contributed by atoms with Gasteiger partial charge in [-0.25, -0.2) is 4.68 Å². The summed E-state index contributed by atoms with van der Waals surface area (Å²) in [5.74, 6) is 1.19. The molecule has 0 radical (unpaired) electrons. The van der Waals surface area contributed by atoms with Crippen LogP contribution in [0.5, 0.6) is 0 Å². The largest absolute Gasteiger partial charge is 0.390 e. The van der Waals surface area contributed by atoms with Crippen molar-refractivity contribution >= 4 is 17.6 Å². The SMILES string of the molecule is CCC1=NOC(CNC(=O)c2cccc(-c3nc(N(C)C)n(C)n3)c2)C1. The smallest absolute Gasteiger partial charge is 0.251 e. The normalized spacial score (nSPS) is 16.2. The summed E-state index contributed by atoms with van der Waals surface area (Å²) in [5, 5.41) is 11.3. The summed E-state index contributed by atoms with van der Waals surface area (Å²) in [4.78, 5) is 24.2. The zero-order valence-electron chi connectivity index (χ0n) is 15.6. The van der Waals surface area contributed by atoms with E-state index in [-0.39, 0.29) is 12.0 Å². The first-order valence-electron chi connectivity index (χ1n) is 8.66. The summed E-state index contributed by atoms with van der Waals surface area (Å²) in [7, 11) is 5.67. The number of carbonyl (C=O) groups excluding carboxylic acids is 1. The molecule has 0 spiro atoms. The highest BCUT2D eigenvalue weighted by Crippen LogP contribution is 2.20. The first kappa shape index (κ1) is 17.9. The van der Waals surface area contributed by atoms with Crippen molar-refractivity contribution < 1.29 is 9.63 Å². The third-order valence-corrected chi connectivity index (χ3v) is 4.22. The molecule has 0 saturated heterocycles. The summed E-state index contributed by atoms with van der Waals surface area (Å²) < 4.78 is 1.71. The average molecular weight is 356 g/mol. The summed E-state index contributed by atoms with van der Waals surface area (Å²) in [5.41, 5.74) is 2.40. The molecule has 1 unspecified atom stereocenters. The van der Waals surface area contributed by atoms with E-state index in [0.717, 1.165) is 30.1 Å². The molecular formula is C18H24N6O2. The Morgan fingerprint density at radius 1 is 1.42 bits per heavy atom. The maximum Gasteiger partial charge on any atom is 0.251 e. The quantitative estimate of drug-likeness (QED) is 0.854. The van der Waals surface area contributed by atoms with E-state index >= 15 is 0 Å². The Balaban J connectivity index is 1.67. The third kappa shape index (κ3) is 3.84. The third-order valence-electron chi connectivity index (χ3n) is 4.22. The van der Waals surface area contributed by atoms with E-state index < -0.39 is 0 Å². The van der Waals surface area contributed by atoms with Crippen LogP contribution in [0.2, 0.25) is 0 Å². The van der Waals surface area contributed by atoms with Gasteiger partial charge in [0.2, 0.25) is 5.95 Å². The van der Waals surface area contributed by atoms with Gasteiger partial charge in [-0.15, -0.1) is 5.10 Å². The van der Waals surface area contributed by atoms with E-state index in [1.54, 1.807) is 16.8 Å². The minimum absolute atomic E-state index is 0.0859. The number of nitrogens with one attached hydrogen (secondary N) is 1. The molecule has 1 aliphatic rings. The van der Waals surface area contributed by atoms with Crippen molar-refractivity contribution in [1.29, 1.82) is 0 Å². The molecule has 138 valence electrons. The van der Waals surface area contributed by atoms with Gasteiger partial charge in [-0.2, -0.15) is 4.98 Å². The van der Waals surface area contributed by atoms with Gasteiger partial charge in [0.25, 0.3) is 5.91 Å². The number of carbonyl (C=O) groups is 1. The Labute approximate surface area is 152 Å². The van der Waals surface area contributed by atoms with Crippen LogP contribution in [0.3, 0.4) is 0 Å². The number of aryl methyl sites for hydroxylation is 1. The molecule has 2 aromatic rings. The molecule has 1 aliphatic heterocycles. The van der Waals surface area contributed by atoms with E-state index in [9.17, 15) is 4.79 Å². The molecule has 3 rings (SSSR count). The number of oxime groups is 1. The lowest BCUT2D eigenvalue weighted by atomic mass is 10.1. The van der Waals surface area contributed by atoms with Gasteiger partial charge in [0.15, 0.2) is 5.82 Å². The number of nitrogens with zero attached hydrogens (tertiary/aromatic N) is 5. The lowest BCUT2D eigenvalue weighted by molar-refractivity contribution is 0.0753. The van der Waals surface area contributed by atoms with E-state index in [2.05, 4.69) is 20.6 Å². The molecule has 8 nitrogen and oxygen atoms in total. The van der Waals surface area contributed by atoms with Gasteiger partial charge in [-0.3, -0.25) is 4.79 Å². The van der Waals surface area contributed by atoms with E-state index in [4.69, 9.17) is 4.84 Å². The minimum Gasteiger partial charge on any atom is -0.390 e. The summed E-state index contributed by atoms with van der Waals surface area (Å²) in [6.45, 7) is 2.48. The molecule has 1 N–H and O–H groups in total. The van der Waals surface area contributed by atoms with Gasteiger partial charge >= 0.3 is 0 Å². The maximum absolute atomic E-state index is 12.5. The fourth-order valence-corrected chi connectivity index (χ4v) is 2.80. The van der Waals surface area contributed by atoms with Crippen molar-refractivity contribution in [2.75, 3.05) is 25.5 Å². The molecular weight excluding hydrogens is 332 g/mol. The van der Waals surface area contributed by atoms with Gasteiger partial charge < -0.3 is 15.1 Å². The first-order valence-corrected chi connectivity index (χ1v) is 8.66. The van der Waals surface area contributed by atoms with Crippen LogP contribution in [-0.4, -0.2) is 53.1 Å². The molecule has 1 aromatic heterocycles. The van der Waals surface area contributed by atoms with Gasteiger partial charge in [-0.05, 0) is 18.6 Å². The zero-order chi connectivity index (χ0) is 18.7. The van der Waals surface area contributed by atoms with Crippen LogP contribution in [0.4, 0.5) is 5.95 Å². The number of hydrogen-bond acceptors (Lipinski definition) is 6. The van der Waals surface area contributed by atoms with Crippen LogP contribution >= 0.6 is 0 Å². The first-order chi connectivity index (χ1) is 12.5. The topological polar surface area (TPSA) is 84.6 Å². The Hall–Kier alpha value is -2.90. The van der Waals surface area contributed by atoms with Gasteiger partial charge in [0.05, 0.1) is 12.3 Å². The molecule has 1 atom stereocenters. The fourth-order valence-electron chi connectivity index (χ4n) is 2.80. The van der Waals surface area contributed by atoms with Gasteiger partial charge in [0.1, 0.15) is 6.10 Å². The Morgan fingerprint density at radius 2 is 2.23 bits per heavy atom. The highest BCUT2D eigenvalue weighted by atomic mass is 16.6. The Bertz CT molecular complexity index is 827. The lowest BCUT2D eigenvalue weighted by Gasteiger charge is -2.10. The van der Waals surface area contributed by atoms with Crippen LogP contribution in [-0.2, 0) is 11.9 Å². The predicted molar refractivity (Wildman–Crippen MR) is 100 cm³/mol. The Kier molecular flexibility index (Phi) is 5.20. The monoisotopic (exact) mass is 356 g/mol. The van der Waals surface area contributed by atoms with Crippen molar-refractivity contribution in [3.63, 3.8) is 0 Å². The van der Waals surface area contributed by atoms with Crippen molar-refractivity contribution in [3.8, 4) is 11.4 Å². The predicted octanol–water partition coefficient (Wildman–Crippen LogP) is 1.83. The van der Waals surface area contributed by atoms with Crippen molar-refractivity contribution in [3.05, 3.63) is 29.8 Å². The molecule has 0 bridgehead atoms. The number of benzene rings is 1. The van der Waals surface area contributed by atoms with Gasteiger partial charge in [-0.1, -0.05) is 24.2 Å². The van der Waals surface area contributed by atoms with Crippen LogP contribution in [0.25, 0.3) is 11.4 Å². The molecule has 0 aliphatic carbocycles. The van der Waals surface area contributed by atoms with E-state index in [0.29, 0.717) is 17.9 Å². The second kappa shape index (κ2) is 7.55. The van der Waals surface area contributed by atoms with Crippen molar-refractivity contribution in [2.24, 2.45) is 12.2 Å². The van der Waals surface area contributed by atoms with Crippen LogP contribution in [0.15, 0.2) is 29.4 Å². The number of amides is 1. The van der Waals surface area contributed by atoms with E-state index in [1.807, 2.05) is 45.1 Å². The highest BCUT2D eigenvalue weighted by Gasteiger charge is 2.21. The fraction of sp³-hybridized carbons (Fsp3) is 0.444. The molecule has 0 saturated carbocycles. The van der Waals surface area contributed by atoms with Crippen LogP contribution < -0.4 is 10.2 Å². The molecule has 1 amide bonds. The maximum atomic E-state index is 12.5. The average Bonchev–Trinajstić information content (AvgIpc) is 3.26. The second-order valence-electron chi connectivity index (χ2n) is 6.49. The second-order valence-corrected chi connectivity index (χ2v) is 6.49. The molecule has 2 heterocycles. The van der Waals surface area contributed by atoms with Gasteiger partial charge in [0, 0.05) is 38.7 Å². The standard InChI is InChI=1S/C18H24N6O2/c1-5-14-10-15(26-22-14)11-19-17(25)13-8-6-7-12(9-13)16-20-18(23(2)3)24(4)21-16/h6-9,15H,5,10-11H2,1-4H3,(H,19,25). The number of anilines is 1. The summed E-state index contributed by atoms with van der Waals surface area (Å²) in [6, 6.07) is 7.30. The number of rotatable bonds is 6. The van der Waals surface area contributed by atoms with Crippen LogP contribution in [0, 0.1) is 0 Å². The highest BCUT2D eigenvalue weighted by molar-refractivity contribution is 5.95. The number of aromatic nitrogens is 3. The number of hydrogen-bond donors (Lipinski definition) is 1. The van der Waals surface area contributed by atoms with E-state index in [1.165, 1.54) is 0 Å². The minimum atomic E-state index is -0.149. The summed E-state index contributed by atoms with van der Waals surface area (Å²) in [6.07, 6.45) is 1.55. The molecule has 0 fully saturated rings. The summed E-state index contributed by atoms with van der Waals surface area (Å²) >= 11 is 0. The molecule has 26 heavy (non-hydrogen) atoms. The van der Waals surface area contributed by atoms with Crippen molar-refractivity contribution in [1.82, 2.24) is 20.1 Å². The molecule has 1 aromatic carbocycles. The molecule has 8 heteroatoms.